The van der Waals surface area contributed by atoms with Crippen molar-refractivity contribution in [2.24, 2.45) is 5.92 Å². The number of benzene rings is 1. The van der Waals surface area contributed by atoms with Crippen molar-refractivity contribution in [1.29, 1.82) is 0 Å². The molecule has 4 nitrogen and oxygen atoms in total. The molecule has 1 aromatic heterocycles. The highest BCUT2D eigenvalue weighted by molar-refractivity contribution is 7.08. The second-order valence-electron chi connectivity index (χ2n) is 7.26. The molecule has 1 aromatic carbocycles. The molecule has 2 aliphatic heterocycles. The van der Waals surface area contributed by atoms with Crippen molar-refractivity contribution in [3.8, 4) is 11.1 Å². The number of carbonyl (C=O) groups excluding carboxylic acids is 1. The van der Waals surface area contributed by atoms with Crippen molar-refractivity contribution < 1.29 is 9.53 Å². The number of hydrogen-bond donors (Lipinski definition) is 2. The molecule has 25 heavy (non-hydrogen) atoms. The SMILES string of the molecule is Cc1ccc(NC(=O)OCC2CC3CCC(C2)N3)c(-c2ccsc2)c1. The number of aryl methyl sites for hydroxylation is 1. The summed E-state index contributed by atoms with van der Waals surface area (Å²) in [6.07, 6.45) is 4.41. The van der Waals surface area contributed by atoms with E-state index in [1.165, 1.54) is 18.4 Å². The standard InChI is InChI=1S/C20H24N2O2S/c1-13-2-5-19(18(8-13)15-6-7-25-12-15)22-20(23)24-11-14-9-16-3-4-17(10-14)21-16/h2,5-8,12,14,16-17,21H,3-4,9-11H2,1H3,(H,22,23). The Morgan fingerprint density at radius 2 is 2.08 bits per heavy atom. The van der Waals surface area contributed by atoms with Crippen LogP contribution in [0.3, 0.4) is 0 Å². The van der Waals surface area contributed by atoms with Crippen LogP contribution < -0.4 is 10.6 Å². The molecule has 0 radical (unpaired) electrons. The maximum Gasteiger partial charge on any atom is 0.411 e. The monoisotopic (exact) mass is 356 g/mol. The lowest BCUT2D eigenvalue weighted by atomic mass is 9.93. The molecular weight excluding hydrogens is 332 g/mol. The smallest absolute Gasteiger partial charge is 0.411 e. The van der Waals surface area contributed by atoms with E-state index in [0.717, 1.165) is 29.7 Å². The fourth-order valence-corrected chi connectivity index (χ4v) is 4.73. The Kier molecular flexibility index (Phi) is 4.77. The first-order valence-corrected chi connectivity index (χ1v) is 9.94. The van der Waals surface area contributed by atoms with Gasteiger partial charge in [-0.1, -0.05) is 11.6 Å². The summed E-state index contributed by atoms with van der Waals surface area (Å²) >= 11 is 1.65. The average Bonchev–Trinajstić information content (AvgIpc) is 3.24. The Morgan fingerprint density at radius 3 is 2.80 bits per heavy atom. The van der Waals surface area contributed by atoms with E-state index >= 15 is 0 Å². The Morgan fingerprint density at radius 1 is 1.28 bits per heavy atom. The number of piperidine rings is 1. The Hall–Kier alpha value is -1.85. The molecule has 2 aromatic rings. The number of anilines is 1. The number of amides is 1. The van der Waals surface area contributed by atoms with E-state index in [-0.39, 0.29) is 6.09 Å². The summed E-state index contributed by atoms with van der Waals surface area (Å²) < 4.78 is 5.54. The summed E-state index contributed by atoms with van der Waals surface area (Å²) in [5.41, 5.74) is 4.14. The van der Waals surface area contributed by atoms with E-state index in [4.69, 9.17) is 4.74 Å². The Labute approximate surface area is 152 Å². The largest absolute Gasteiger partial charge is 0.449 e. The second kappa shape index (κ2) is 7.18. The molecule has 0 aliphatic carbocycles. The molecule has 2 N–H and O–H groups in total. The van der Waals surface area contributed by atoms with Crippen LogP contribution in [0.4, 0.5) is 10.5 Å². The van der Waals surface area contributed by atoms with Crippen LogP contribution in [0.2, 0.25) is 0 Å². The van der Waals surface area contributed by atoms with Gasteiger partial charge in [0.15, 0.2) is 0 Å². The third-order valence-corrected chi connectivity index (χ3v) is 5.95. The van der Waals surface area contributed by atoms with E-state index < -0.39 is 0 Å². The zero-order chi connectivity index (χ0) is 17.2. The molecule has 2 unspecified atom stereocenters. The van der Waals surface area contributed by atoms with Gasteiger partial charge in [-0.15, -0.1) is 0 Å². The third kappa shape index (κ3) is 3.88. The molecule has 2 saturated heterocycles. The van der Waals surface area contributed by atoms with Gasteiger partial charge >= 0.3 is 6.09 Å². The van der Waals surface area contributed by atoms with Gasteiger partial charge in [0.2, 0.25) is 0 Å². The molecular formula is C20H24N2O2S. The predicted molar refractivity (Wildman–Crippen MR) is 102 cm³/mol. The minimum atomic E-state index is -0.355. The molecule has 4 rings (SSSR count). The van der Waals surface area contributed by atoms with Crippen LogP contribution in [-0.2, 0) is 4.74 Å². The first-order valence-electron chi connectivity index (χ1n) is 9.00. The van der Waals surface area contributed by atoms with E-state index in [9.17, 15) is 4.79 Å². The van der Waals surface area contributed by atoms with Gasteiger partial charge in [0.25, 0.3) is 0 Å². The summed E-state index contributed by atoms with van der Waals surface area (Å²) in [6, 6.07) is 9.38. The number of hydrogen-bond acceptors (Lipinski definition) is 4. The van der Waals surface area contributed by atoms with Crippen LogP contribution in [0.15, 0.2) is 35.0 Å². The van der Waals surface area contributed by atoms with Gasteiger partial charge in [-0.3, -0.25) is 5.32 Å². The maximum absolute atomic E-state index is 12.3. The molecule has 2 atom stereocenters. The lowest BCUT2D eigenvalue weighted by Gasteiger charge is -2.28. The predicted octanol–water partition coefficient (Wildman–Crippen LogP) is 4.80. The van der Waals surface area contributed by atoms with Crippen LogP contribution in [0.25, 0.3) is 11.1 Å². The molecule has 3 heterocycles. The Balaban J connectivity index is 1.38. The van der Waals surface area contributed by atoms with Gasteiger partial charge < -0.3 is 10.1 Å². The van der Waals surface area contributed by atoms with Gasteiger partial charge in [0, 0.05) is 17.6 Å². The highest BCUT2D eigenvalue weighted by atomic mass is 32.1. The molecule has 2 aliphatic rings. The molecule has 1 amide bonds. The lowest BCUT2D eigenvalue weighted by Crippen LogP contribution is -2.39. The van der Waals surface area contributed by atoms with Crippen molar-refractivity contribution in [3.05, 3.63) is 40.6 Å². The summed E-state index contributed by atoms with van der Waals surface area (Å²) in [7, 11) is 0. The minimum Gasteiger partial charge on any atom is -0.449 e. The van der Waals surface area contributed by atoms with Crippen LogP contribution in [0.1, 0.15) is 31.2 Å². The van der Waals surface area contributed by atoms with Gasteiger partial charge in [0.1, 0.15) is 0 Å². The van der Waals surface area contributed by atoms with E-state index in [1.54, 1.807) is 11.3 Å². The zero-order valence-electron chi connectivity index (χ0n) is 14.5. The molecule has 132 valence electrons. The zero-order valence-corrected chi connectivity index (χ0v) is 15.3. The van der Waals surface area contributed by atoms with Gasteiger partial charge in [0.05, 0.1) is 12.3 Å². The average molecular weight is 356 g/mol. The van der Waals surface area contributed by atoms with Crippen LogP contribution in [0.5, 0.6) is 0 Å². The number of carbonyl (C=O) groups is 1. The highest BCUT2D eigenvalue weighted by Crippen LogP contribution is 2.32. The van der Waals surface area contributed by atoms with Crippen molar-refractivity contribution in [2.75, 3.05) is 11.9 Å². The van der Waals surface area contributed by atoms with Gasteiger partial charge in [-0.25, -0.2) is 4.79 Å². The molecule has 0 spiro atoms. The quantitative estimate of drug-likeness (QED) is 0.827. The summed E-state index contributed by atoms with van der Waals surface area (Å²) in [4.78, 5) is 12.3. The van der Waals surface area contributed by atoms with Crippen molar-refractivity contribution in [2.45, 2.75) is 44.7 Å². The first-order chi connectivity index (χ1) is 12.2. The number of nitrogens with one attached hydrogen (secondary N) is 2. The molecule has 2 fully saturated rings. The summed E-state index contributed by atoms with van der Waals surface area (Å²) in [5, 5.41) is 10.7. The molecule has 0 saturated carbocycles. The minimum absolute atomic E-state index is 0.355. The number of rotatable bonds is 4. The Bertz CT molecular complexity index is 732. The van der Waals surface area contributed by atoms with E-state index in [2.05, 4.69) is 35.1 Å². The number of fused-ring (bicyclic) bond motifs is 2. The van der Waals surface area contributed by atoms with E-state index in [0.29, 0.717) is 24.6 Å². The van der Waals surface area contributed by atoms with Crippen LogP contribution >= 0.6 is 11.3 Å². The number of thiophene rings is 1. The lowest BCUT2D eigenvalue weighted by molar-refractivity contribution is 0.122. The first kappa shape index (κ1) is 16.6. The maximum atomic E-state index is 12.3. The highest BCUT2D eigenvalue weighted by Gasteiger charge is 2.33. The van der Waals surface area contributed by atoms with Crippen molar-refractivity contribution >= 4 is 23.1 Å². The molecule has 5 heteroatoms. The van der Waals surface area contributed by atoms with Gasteiger partial charge in [-0.05, 0) is 73.0 Å². The van der Waals surface area contributed by atoms with Crippen molar-refractivity contribution in [1.82, 2.24) is 5.32 Å². The fourth-order valence-electron chi connectivity index (χ4n) is 4.07. The summed E-state index contributed by atoms with van der Waals surface area (Å²) in [5.74, 6) is 0.485. The fraction of sp³-hybridized carbons (Fsp3) is 0.450. The molecule has 2 bridgehead atoms. The normalized spacial score (nSPS) is 24.9. The van der Waals surface area contributed by atoms with Crippen molar-refractivity contribution in [3.63, 3.8) is 0 Å². The third-order valence-electron chi connectivity index (χ3n) is 5.26. The van der Waals surface area contributed by atoms with Crippen LogP contribution in [-0.4, -0.2) is 24.8 Å². The van der Waals surface area contributed by atoms with E-state index in [1.807, 2.05) is 17.5 Å². The van der Waals surface area contributed by atoms with Gasteiger partial charge in [-0.2, -0.15) is 11.3 Å². The second-order valence-corrected chi connectivity index (χ2v) is 8.04. The summed E-state index contributed by atoms with van der Waals surface area (Å²) in [6.45, 7) is 2.57. The van der Waals surface area contributed by atoms with Crippen LogP contribution in [0, 0.1) is 12.8 Å². The number of ether oxygens (including phenoxy) is 1. The topological polar surface area (TPSA) is 50.4 Å².